The Kier molecular flexibility index (Phi) is 3.73. The Morgan fingerprint density at radius 2 is 2.00 bits per heavy atom. The summed E-state index contributed by atoms with van der Waals surface area (Å²) in [6, 6.07) is 5.47. The van der Waals surface area contributed by atoms with Gasteiger partial charge in [-0.2, -0.15) is 0 Å². The van der Waals surface area contributed by atoms with Crippen molar-refractivity contribution in [2.75, 3.05) is 13.7 Å². The fraction of sp³-hybridized carbons (Fsp3) is 0.400. The molecule has 0 saturated carbocycles. The van der Waals surface area contributed by atoms with Gasteiger partial charge in [0.15, 0.2) is 0 Å². The first-order valence-electron chi connectivity index (χ1n) is 4.19. The van der Waals surface area contributed by atoms with E-state index in [1.54, 1.807) is 13.2 Å². The van der Waals surface area contributed by atoms with Gasteiger partial charge in [0.1, 0.15) is 5.75 Å². The highest BCUT2D eigenvalue weighted by Crippen LogP contribution is 2.17. The van der Waals surface area contributed by atoms with E-state index in [9.17, 15) is 0 Å². The van der Waals surface area contributed by atoms with Crippen LogP contribution in [0.5, 0.6) is 5.75 Å². The van der Waals surface area contributed by atoms with E-state index in [4.69, 9.17) is 14.9 Å². The van der Waals surface area contributed by atoms with Gasteiger partial charge in [-0.1, -0.05) is 6.07 Å². The predicted octanol–water partition coefficient (Wildman–Crippen LogP) is 0.722. The summed E-state index contributed by atoms with van der Waals surface area (Å²) in [5.74, 6) is 0.728. The molecule has 0 amide bonds. The molecule has 72 valence electrons. The summed E-state index contributed by atoms with van der Waals surface area (Å²) in [5, 5.41) is 17.8. The molecule has 0 aliphatic heterocycles. The molecule has 1 aromatic carbocycles. The fourth-order valence-corrected chi connectivity index (χ4v) is 1.24. The van der Waals surface area contributed by atoms with Crippen molar-refractivity contribution < 1.29 is 14.9 Å². The van der Waals surface area contributed by atoms with Gasteiger partial charge in [-0.05, 0) is 29.7 Å². The minimum atomic E-state index is -0.0213. The third-order valence-corrected chi connectivity index (χ3v) is 1.96. The Bertz CT molecular complexity index is 271. The van der Waals surface area contributed by atoms with Gasteiger partial charge in [0.25, 0.3) is 0 Å². The molecule has 0 unspecified atom stereocenters. The molecule has 0 saturated heterocycles. The number of rotatable bonds is 4. The summed E-state index contributed by atoms with van der Waals surface area (Å²) in [7, 11) is 1.59. The van der Waals surface area contributed by atoms with Crippen molar-refractivity contribution in [3.8, 4) is 5.75 Å². The first-order valence-corrected chi connectivity index (χ1v) is 4.19. The Labute approximate surface area is 77.6 Å². The van der Waals surface area contributed by atoms with Gasteiger partial charge in [0, 0.05) is 6.61 Å². The van der Waals surface area contributed by atoms with Crippen LogP contribution in [0.1, 0.15) is 11.1 Å². The zero-order valence-electron chi connectivity index (χ0n) is 7.66. The lowest BCUT2D eigenvalue weighted by Crippen LogP contribution is -1.98. The summed E-state index contributed by atoms with van der Waals surface area (Å²) in [6.45, 7) is 0.0753. The highest BCUT2D eigenvalue weighted by Gasteiger charge is 2.02. The van der Waals surface area contributed by atoms with Gasteiger partial charge in [-0.3, -0.25) is 0 Å². The van der Waals surface area contributed by atoms with Crippen LogP contribution < -0.4 is 4.74 Å². The second kappa shape index (κ2) is 4.84. The zero-order valence-corrected chi connectivity index (χ0v) is 7.66. The van der Waals surface area contributed by atoms with Crippen molar-refractivity contribution >= 4 is 0 Å². The first-order chi connectivity index (χ1) is 6.31. The first kappa shape index (κ1) is 10.0. The minimum Gasteiger partial charge on any atom is -0.497 e. The molecule has 3 nitrogen and oxygen atoms in total. The summed E-state index contributed by atoms with van der Waals surface area (Å²) < 4.78 is 5.02. The third kappa shape index (κ3) is 2.44. The van der Waals surface area contributed by atoms with E-state index < -0.39 is 0 Å². The zero-order chi connectivity index (χ0) is 9.68. The van der Waals surface area contributed by atoms with Gasteiger partial charge < -0.3 is 14.9 Å². The molecule has 3 heteroatoms. The number of hydrogen-bond acceptors (Lipinski definition) is 3. The number of ether oxygens (including phenoxy) is 1. The molecule has 0 heterocycles. The van der Waals surface area contributed by atoms with Crippen LogP contribution in [0.2, 0.25) is 0 Å². The molecular weight excluding hydrogens is 168 g/mol. The van der Waals surface area contributed by atoms with E-state index >= 15 is 0 Å². The number of methoxy groups -OCH3 is 1. The van der Waals surface area contributed by atoms with E-state index in [1.165, 1.54) is 0 Å². The smallest absolute Gasteiger partial charge is 0.119 e. The van der Waals surface area contributed by atoms with Crippen LogP contribution >= 0.6 is 0 Å². The van der Waals surface area contributed by atoms with Gasteiger partial charge in [0.2, 0.25) is 0 Å². The predicted molar refractivity (Wildman–Crippen MR) is 49.7 cm³/mol. The van der Waals surface area contributed by atoms with E-state index in [0.717, 1.165) is 16.9 Å². The van der Waals surface area contributed by atoms with Gasteiger partial charge in [-0.15, -0.1) is 0 Å². The maximum Gasteiger partial charge on any atom is 0.119 e. The Hall–Kier alpha value is -1.06. The largest absolute Gasteiger partial charge is 0.497 e. The van der Waals surface area contributed by atoms with Crippen molar-refractivity contribution in [3.05, 3.63) is 29.3 Å². The molecule has 1 rings (SSSR count). The van der Waals surface area contributed by atoms with Crippen LogP contribution in [-0.2, 0) is 13.0 Å². The second-order valence-corrected chi connectivity index (χ2v) is 2.77. The normalized spacial score (nSPS) is 10.1. The molecule has 0 radical (unpaired) electrons. The van der Waals surface area contributed by atoms with Crippen LogP contribution in [-0.4, -0.2) is 23.9 Å². The molecule has 0 bridgehead atoms. The lowest BCUT2D eigenvalue weighted by molar-refractivity contribution is 0.275. The lowest BCUT2D eigenvalue weighted by atomic mass is 10.1. The number of benzene rings is 1. The van der Waals surface area contributed by atoms with E-state index in [-0.39, 0.29) is 13.2 Å². The lowest BCUT2D eigenvalue weighted by Gasteiger charge is -2.07. The highest BCUT2D eigenvalue weighted by atomic mass is 16.5. The molecule has 0 aromatic heterocycles. The summed E-state index contributed by atoms with van der Waals surface area (Å²) >= 11 is 0. The number of aliphatic hydroxyl groups is 2. The van der Waals surface area contributed by atoms with Crippen LogP contribution in [0.15, 0.2) is 18.2 Å². The molecule has 0 atom stereocenters. The van der Waals surface area contributed by atoms with Crippen molar-refractivity contribution in [2.24, 2.45) is 0 Å². The standard InChI is InChI=1S/C10H14O3/c1-13-10-3-2-8(4-5-11)9(6-10)7-12/h2-3,6,11-12H,4-5,7H2,1H3. The minimum absolute atomic E-state index is 0.0213. The van der Waals surface area contributed by atoms with Crippen molar-refractivity contribution in [1.29, 1.82) is 0 Å². The maximum atomic E-state index is 9.03. The van der Waals surface area contributed by atoms with Gasteiger partial charge >= 0.3 is 0 Å². The summed E-state index contributed by atoms with van der Waals surface area (Å²) in [4.78, 5) is 0. The molecule has 0 aliphatic carbocycles. The molecule has 0 fully saturated rings. The monoisotopic (exact) mass is 182 g/mol. The number of hydrogen-bond donors (Lipinski definition) is 2. The Morgan fingerprint density at radius 1 is 1.23 bits per heavy atom. The van der Waals surface area contributed by atoms with E-state index in [0.29, 0.717) is 6.42 Å². The fourth-order valence-electron chi connectivity index (χ4n) is 1.24. The summed E-state index contributed by atoms with van der Waals surface area (Å²) in [6.07, 6.45) is 0.569. The van der Waals surface area contributed by atoms with E-state index in [1.807, 2.05) is 12.1 Å². The molecular formula is C10H14O3. The van der Waals surface area contributed by atoms with Crippen LogP contribution in [0, 0.1) is 0 Å². The molecule has 13 heavy (non-hydrogen) atoms. The maximum absolute atomic E-state index is 9.03. The van der Waals surface area contributed by atoms with Crippen LogP contribution in [0.4, 0.5) is 0 Å². The SMILES string of the molecule is COc1ccc(CCO)c(CO)c1. The van der Waals surface area contributed by atoms with Crippen LogP contribution in [0.25, 0.3) is 0 Å². The quantitative estimate of drug-likeness (QED) is 0.721. The van der Waals surface area contributed by atoms with Gasteiger partial charge in [0.05, 0.1) is 13.7 Å². The number of aliphatic hydroxyl groups excluding tert-OH is 2. The van der Waals surface area contributed by atoms with Crippen molar-refractivity contribution in [1.82, 2.24) is 0 Å². The summed E-state index contributed by atoms with van der Waals surface area (Å²) in [5.41, 5.74) is 1.78. The topological polar surface area (TPSA) is 49.7 Å². The van der Waals surface area contributed by atoms with Gasteiger partial charge in [-0.25, -0.2) is 0 Å². The van der Waals surface area contributed by atoms with Crippen LogP contribution in [0.3, 0.4) is 0 Å². The Morgan fingerprint density at radius 3 is 2.54 bits per heavy atom. The average Bonchev–Trinajstić information content (AvgIpc) is 2.19. The molecule has 2 N–H and O–H groups in total. The highest BCUT2D eigenvalue weighted by molar-refractivity contribution is 5.35. The molecule has 0 aliphatic rings. The Balaban J connectivity index is 2.93. The van der Waals surface area contributed by atoms with Crippen molar-refractivity contribution in [3.63, 3.8) is 0 Å². The molecule has 1 aromatic rings. The second-order valence-electron chi connectivity index (χ2n) is 2.77. The van der Waals surface area contributed by atoms with Crippen molar-refractivity contribution in [2.45, 2.75) is 13.0 Å². The van der Waals surface area contributed by atoms with E-state index in [2.05, 4.69) is 0 Å². The molecule has 0 spiro atoms. The third-order valence-electron chi connectivity index (χ3n) is 1.96. The average molecular weight is 182 g/mol.